The topological polar surface area (TPSA) is 76.5 Å². The molecule has 7 nitrogen and oxygen atoms in total. The summed E-state index contributed by atoms with van der Waals surface area (Å²) in [5.74, 6) is -0.999. The SMILES string of the molecule is CCNC(=S)N(Cc1cnc(S(=O)(=O)Cc2ccccc2F)n1CC1CCCO1)C(C)C. The van der Waals surface area contributed by atoms with Crippen molar-refractivity contribution in [1.29, 1.82) is 0 Å². The van der Waals surface area contributed by atoms with E-state index in [1.54, 1.807) is 16.8 Å². The number of hydrogen-bond acceptors (Lipinski definition) is 5. The highest BCUT2D eigenvalue weighted by molar-refractivity contribution is 7.90. The third-order valence-corrected chi connectivity index (χ3v) is 7.39. The Balaban J connectivity index is 1.96. The molecule has 1 aromatic heterocycles. The Morgan fingerprint density at radius 1 is 1.41 bits per heavy atom. The number of rotatable bonds is 9. The van der Waals surface area contributed by atoms with Gasteiger partial charge in [-0.1, -0.05) is 18.2 Å². The van der Waals surface area contributed by atoms with Crippen LogP contribution >= 0.6 is 12.2 Å². The van der Waals surface area contributed by atoms with E-state index in [1.165, 1.54) is 18.2 Å². The second-order valence-corrected chi connectivity index (χ2v) is 10.5. The molecule has 2 aromatic rings. The van der Waals surface area contributed by atoms with Crippen LogP contribution in [0.5, 0.6) is 0 Å². The molecular formula is C22H31FN4O3S2. The van der Waals surface area contributed by atoms with Crippen LogP contribution in [0.25, 0.3) is 0 Å². The normalized spacial score (nSPS) is 16.5. The highest BCUT2D eigenvalue weighted by atomic mass is 32.2. The maximum absolute atomic E-state index is 14.2. The summed E-state index contributed by atoms with van der Waals surface area (Å²) in [6, 6.07) is 6.01. The Labute approximate surface area is 194 Å². The fourth-order valence-corrected chi connectivity index (χ4v) is 5.69. The minimum Gasteiger partial charge on any atom is -0.376 e. The van der Waals surface area contributed by atoms with Crippen LogP contribution in [0, 0.1) is 5.82 Å². The van der Waals surface area contributed by atoms with Crippen LogP contribution in [0.15, 0.2) is 35.6 Å². The molecule has 1 fully saturated rings. The van der Waals surface area contributed by atoms with Gasteiger partial charge in [-0.05, 0) is 51.9 Å². The van der Waals surface area contributed by atoms with Crippen LogP contribution in [-0.2, 0) is 33.4 Å². The number of thiocarbonyl (C=S) groups is 1. The quantitative estimate of drug-likeness (QED) is 0.550. The van der Waals surface area contributed by atoms with E-state index in [1.807, 2.05) is 25.7 Å². The largest absolute Gasteiger partial charge is 0.376 e. The third kappa shape index (κ3) is 5.85. The number of halogens is 1. The van der Waals surface area contributed by atoms with Crippen molar-refractivity contribution in [3.05, 3.63) is 47.5 Å². The van der Waals surface area contributed by atoms with Gasteiger partial charge in [-0.2, -0.15) is 0 Å². The van der Waals surface area contributed by atoms with Crippen LogP contribution in [0.2, 0.25) is 0 Å². The van der Waals surface area contributed by atoms with Crippen LogP contribution in [0.3, 0.4) is 0 Å². The molecule has 0 amide bonds. The maximum Gasteiger partial charge on any atom is 0.228 e. The van der Waals surface area contributed by atoms with Gasteiger partial charge in [0, 0.05) is 24.8 Å². The monoisotopic (exact) mass is 482 g/mol. The van der Waals surface area contributed by atoms with E-state index in [2.05, 4.69) is 10.3 Å². The molecule has 2 heterocycles. The number of nitrogens with zero attached hydrogens (tertiary/aromatic N) is 3. The number of benzene rings is 1. The summed E-state index contributed by atoms with van der Waals surface area (Å²) in [4.78, 5) is 6.28. The van der Waals surface area contributed by atoms with Gasteiger partial charge in [0.15, 0.2) is 5.11 Å². The van der Waals surface area contributed by atoms with Crippen molar-refractivity contribution in [1.82, 2.24) is 19.8 Å². The zero-order chi connectivity index (χ0) is 23.3. The number of aromatic nitrogens is 2. The summed E-state index contributed by atoms with van der Waals surface area (Å²) in [6.45, 7) is 8.16. The smallest absolute Gasteiger partial charge is 0.228 e. The van der Waals surface area contributed by atoms with Gasteiger partial charge in [0.1, 0.15) is 5.82 Å². The lowest BCUT2D eigenvalue weighted by molar-refractivity contribution is 0.0935. The maximum atomic E-state index is 14.2. The first kappa shape index (κ1) is 24.6. The van der Waals surface area contributed by atoms with Gasteiger partial charge in [0.2, 0.25) is 15.0 Å². The molecule has 1 aromatic carbocycles. The van der Waals surface area contributed by atoms with Gasteiger partial charge in [-0.3, -0.25) is 0 Å². The van der Waals surface area contributed by atoms with Crippen molar-refractivity contribution in [2.45, 2.75) is 69.8 Å². The first-order valence-electron chi connectivity index (χ1n) is 10.9. The Hall–Kier alpha value is -2.04. The molecule has 0 spiro atoms. The van der Waals surface area contributed by atoms with Gasteiger partial charge in [0.25, 0.3) is 0 Å². The first-order valence-corrected chi connectivity index (χ1v) is 13.0. The molecule has 1 N–H and O–H groups in total. The lowest BCUT2D eigenvalue weighted by Gasteiger charge is -2.30. The summed E-state index contributed by atoms with van der Waals surface area (Å²) in [6.07, 6.45) is 3.29. The summed E-state index contributed by atoms with van der Waals surface area (Å²) >= 11 is 5.52. The van der Waals surface area contributed by atoms with Gasteiger partial charge in [0.05, 0.1) is 36.8 Å². The van der Waals surface area contributed by atoms with E-state index in [9.17, 15) is 12.8 Å². The fourth-order valence-electron chi connectivity index (χ4n) is 3.75. The summed E-state index contributed by atoms with van der Waals surface area (Å²) in [7, 11) is -3.88. The lowest BCUT2D eigenvalue weighted by atomic mass is 10.2. The van der Waals surface area contributed by atoms with Crippen molar-refractivity contribution < 1.29 is 17.5 Å². The highest BCUT2D eigenvalue weighted by Crippen LogP contribution is 2.23. The fraction of sp³-hybridized carbons (Fsp3) is 0.545. The Bertz CT molecular complexity index is 1030. The predicted octanol–water partition coefficient (Wildman–Crippen LogP) is 3.28. The van der Waals surface area contributed by atoms with Crippen molar-refractivity contribution in [3.63, 3.8) is 0 Å². The van der Waals surface area contributed by atoms with Gasteiger partial charge >= 0.3 is 0 Å². The van der Waals surface area contributed by atoms with Crippen LogP contribution in [0.4, 0.5) is 4.39 Å². The average molecular weight is 483 g/mol. The van der Waals surface area contributed by atoms with Crippen LogP contribution in [-0.4, -0.2) is 53.3 Å². The summed E-state index contributed by atoms with van der Waals surface area (Å²) in [5, 5.41) is 3.69. The van der Waals surface area contributed by atoms with Gasteiger partial charge < -0.3 is 19.5 Å². The van der Waals surface area contributed by atoms with Crippen molar-refractivity contribution in [2.24, 2.45) is 0 Å². The van der Waals surface area contributed by atoms with Crippen LogP contribution in [0.1, 0.15) is 44.9 Å². The molecule has 0 saturated carbocycles. The standard InChI is InChI=1S/C22H31FN4O3S2/c1-4-24-21(31)26(16(2)3)13-18-12-25-22(27(18)14-19-9-7-11-30-19)32(28,29)15-17-8-5-6-10-20(17)23/h5-6,8,10,12,16,19H,4,7,9,11,13-15H2,1-3H3,(H,24,31). The molecule has 1 unspecified atom stereocenters. The van der Waals surface area contributed by atoms with E-state index >= 15 is 0 Å². The minimum absolute atomic E-state index is 0.0654. The molecule has 1 atom stereocenters. The molecule has 32 heavy (non-hydrogen) atoms. The van der Waals surface area contributed by atoms with E-state index in [0.717, 1.165) is 18.5 Å². The number of nitrogens with one attached hydrogen (secondary N) is 1. The zero-order valence-corrected chi connectivity index (χ0v) is 20.4. The molecule has 176 valence electrons. The van der Waals surface area contributed by atoms with E-state index in [0.29, 0.717) is 31.4 Å². The second kappa shape index (κ2) is 10.7. The number of imidazole rings is 1. The van der Waals surface area contributed by atoms with Gasteiger partial charge in [-0.15, -0.1) is 0 Å². The minimum atomic E-state index is -3.88. The summed E-state index contributed by atoms with van der Waals surface area (Å²) < 4.78 is 48.2. The van der Waals surface area contributed by atoms with E-state index in [4.69, 9.17) is 17.0 Å². The third-order valence-electron chi connectivity index (χ3n) is 5.44. The van der Waals surface area contributed by atoms with Crippen molar-refractivity contribution in [2.75, 3.05) is 13.2 Å². The second-order valence-electron chi connectivity index (χ2n) is 8.19. The summed E-state index contributed by atoms with van der Waals surface area (Å²) in [5.41, 5.74) is 0.847. The number of hydrogen-bond donors (Lipinski definition) is 1. The first-order chi connectivity index (χ1) is 15.2. The lowest BCUT2D eigenvalue weighted by Crippen LogP contribution is -2.43. The Morgan fingerprint density at radius 3 is 2.78 bits per heavy atom. The van der Waals surface area contributed by atoms with Crippen LogP contribution < -0.4 is 5.32 Å². The van der Waals surface area contributed by atoms with Gasteiger partial charge in [-0.25, -0.2) is 17.8 Å². The molecule has 1 aliphatic rings. The average Bonchev–Trinajstić information content (AvgIpc) is 3.38. The zero-order valence-electron chi connectivity index (χ0n) is 18.8. The molecule has 3 rings (SSSR count). The molecule has 10 heteroatoms. The molecule has 0 radical (unpaired) electrons. The number of sulfone groups is 1. The molecular weight excluding hydrogens is 451 g/mol. The van der Waals surface area contributed by atoms with Crippen molar-refractivity contribution >= 4 is 27.2 Å². The van der Waals surface area contributed by atoms with E-state index < -0.39 is 21.4 Å². The molecule has 0 bridgehead atoms. The molecule has 0 aliphatic carbocycles. The molecule has 1 saturated heterocycles. The van der Waals surface area contributed by atoms with Crippen molar-refractivity contribution in [3.8, 4) is 0 Å². The Kier molecular flexibility index (Phi) is 8.24. The highest BCUT2D eigenvalue weighted by Gasteiger charge is 2.29. The predicted molar refractivity (Wildman–Crippen MR) is 125 cm³/mol. The van der Waals surface area contributed by atoms with E-state index in [-0.39, 0.29) is 22.9 Å². The Morgan fingerprint density at radius 2 is 2.16 bits per heavy atom. The molecule has 1 aliphatic heterocycles. The number of ether oxygens (including phenoxy) is 1.